The maximum absolute atomic E-state index is 10.7. The number of nitrogens with two attached hydrogens (primary N) is 1. The number of nitrogens with zero attached hydrogens (tertiary/aromatic N) is 1. The number of nitro benzene ring substituents is 1. The Morgan fingerprint density at radius 2 is 2.33 bits per heavy atom. The van der Waals surface area contributed by atoms with Crippen LogP contribution in [0.2, 0.25) is 0 Å². The molecule has 0 aliphatic heterocycles. The highest BCUT2D eigenvalue weighted by atomic mass is 16.6. The molecule has 0 bridgehead atoms. The van der Waals surface area contributed by atoms with Crippen LogP contribution >= 0.6 is 0 Å². The van der Waals surface area contributed by atoms with Crippen LogP contribution in [0.5, 0.6) is 0 Å². The Morgan fingerprint density at radius 1 is 1.60 bits per heavy atom. The van der Waals surface area contributed by atoms with Gasteiger partial charge in [0, 0.05) is 18.7 Å². The number of benzene rings is 1. The lowest BCUT2D eigenvalue weighted by atomic mass is 10.2. The lowest BCUT2D eigenvalue weighted by Gasteiger charge is -2.01. The van der Waals surface area contributed by atoms with Crippen molar-refractivity contribution in [3.63, 3.8) is 0 Å². The summed E-state index contributed by atoms with van der Waals surface area (Å²) < 4.78 is 0. The maximum Gasteiger partial charge on any atom is 0.293 e. The highest BCUT2D eigenvalue weighted by Crippen LogP contribution is 2.24. The highest BCUT2D eigenvalue weighted by molar-refractivity contribution is 5.64. The van der Waals surface area contributed by atoms with E-state index in [4.69, 9.17) is 5.73 Å². The van der Waals surface area contributed by atoms with Gasteiger partial charge in [-0.15, -0.1) is 0 Å². The van der Waals surface area contributed by atoms with Gasteiger partial charge in [-0.05, 0) is 12.1 Å². The minimum Gasteiger partial charge on any atom is -0.383 e. The third-order valence-corrected chi connectivity index (χ3v) is 1.80. The van der Waals surface area contributed by atoms with E-state index in [0.29, 0.717) is 11.3 Å². The van der Waals surface area contributed by atoms with E-state index in [1.165, 1.54) is 6.07 Å². The van der Waals surface area contributed by atoms with Crippen molar-refractivity contribution in [2.75, 3.05) is 18.9 Å². The Balaban J connectivity index is 3.16. The van der Waals surface area contributed by atoms with Gasteiger partial charge < -0.3 is 11.1 Å². The van der Waals surface area contributed by atoms with Gasteiger partial charge in [0.25, 0.3) is 5.69 Å². The third kappa shape index (κ3) is 2.69. The first-order valence-corrected chi connectivity index (χ1v) is 4.34. The summed E-state index contributed by atoms with van der Waals surface area (Å²) >= 11 is 0. The Kier molecular flexibility index (Phi) is 3.66. The average molecular weight is 205 g/mol. The molecule has 0 heterocycles. The van der Waals surface area contributed by atoms with Crippen LogP contribution in [0.15, 0.2) is 18.2 Å². The van der Waals surface area contributed by atoms with Gasteiger partial charge in [-0.1, -0.05) is 11.8 Å². The van der Waals surface area contributed by atoms with Crippen molar-refractivity contribution >= 4 is 11.4 Å². The van der Waals surface area contributed by atoms with E-state index < -0.39 is 4.92 Å². The van der Waals surface area contributed by atoms with Gasteiger partial charge >= 0.3 is 0 Å². The fourth-order valence-corrected chi connectivity index (χ4v) is 1.12. The van der Waals surface area contributed by atoms with Crippen molar-refractivity contribution in [3.05, 3.63) is 33.9 Å². The summed E-state index contributed by atoms with van der Waals surface area (Å²) in [4.78, 5) is 10.3. The van der Waals surface area contributed by atoms with Crippen molar-refractivity contribution in [2.24, 2.45) is 5.73 Å². The quantitative estimate of drug-likeness (QED) is 0.428. The first kappa shape index (κ1) is 11.0. The molecule has 0 amide bonds. The summed E-state index contributed by atoms with van der Waals surface area (Å²) in [5.41, 5.74) is 6.29. The van der Waals surface area contributed by atoms with E-state index in [1.807, 2.05) is 0 Å². The molecular formula is C10H11N3O2. The maximum atomic E-state index is 10.7. The number of anilines is 1. The van der Waals surface area contributed by atoms with Crippen LogP contribution in [0.25, 0.3) is 0 Å². The predicted octanol–water partition coefficient (Wildman–Crippen LogP) is 0.947. The van der Waals surface area contributed by atoms with E-state index in [-0.39, 0.29) is 12.2 Å². The first-order chi connectivity index (χ1) is 7.19. The molecule has 0 saturated heterocycles. The van der Waals surface area contributed by atoms with Gasteiger partial charge in [0.15, 0.2) is 0 Å². The molecule has 1 rings (SSSR count). The van der Waals surface area contributed by atoms with Gasteiger partial charge in [-0.3, -0.25) is 10.1 Å². The fourth-order valence-electron chi connectivity index (χ4n) is 1.12. The molecule has 1 aromatic rings. The molecule has 0 aliphatic rings. The van der Waals surface area contributed by atoms with Gasteiger partial charge in [-0.2, -0.15) is 0 Å². The lowest BCUT2D eigenvalue weighted by Crippen LogP contribution is -1.97. The summed E-state index contributed by atoms with van der Waals surface area (Å²) in [5, 5.41) is 13.4. The molecule has 0 saturated carbocycles. The Bertz CT molecular complexity index is 432. The van der Waals surface area contributed by atoms with Crippen LogP contribution in [-0.4, -0.2) is 18.5 Å². The molecule has 0 aromatic heterocycles. The Labute approximate surface area is 87.4 Å². The van der Waals surface area contributed by atoms with Crippen molar-refractivity contribution in [1.82, 2.24) is 0 Å². The minimum absolute atomic E-state index is 0.0151. The standard InChI is InChI=1S/C10H11N3O2/c1-12-9-5-4-8(3-2-6-11)7-10(9)13(14)15/h4-5,7,12H,6,11H2,1H3. The molecule has 15 heavy (non-hydrogen) atoms. The van der Waals surface area contributed by atoms with E-state index in [9.17, 15) is 10.1 Å². The largest absolute Gasteiger partial charge is 0.383 e. The zero-order valence-electron chi connectivity index (χ0n) is 8.28. The molecule has 78 valence electrons. The molecule has 0 radical (unpaired) electrons. The Morgan fingerprint density at radius 3 is 2.87 bits per heavy atom. The van der Waals surface area contributed by atoms with Crippen molar-refractivity contribution in [2.45, 2.75) is 0 Å². The van der Waals surface area contributed by atoms with Crippen LogP contribution in [0.1, 0.15) is 5.56 Å². The lowest BCUT2D eigenvalue weighted by molar-refractivity contribution is -0.384. The number of nitro groups is 1. The van der Waals surface area contributed by atoms with Crippen LogP contribution < -0.4 is 11.1 Å². The zero-order valence-corrected chi connectivity index (χ0v) is 8.28. The van der Waals surface area contributed by atoms with Crippen molar-refractivity contribution < 1.29 is 4.92 Å². The molecule has 5 heteroatoms. The average Bonchev–Trinajstić information content (AvgIpc) is 2.25. The second-order valence-electron chi connectivity index (χ2n) is 2.74. The van der Waals surface area contributed by atoms with E-state index in [2.05, 4.69) is 17.2 Å². The zero-order chi connectivity index (χ0) is 11.3. The monoisotopic (exact) mass is 205 g/mol. The molecule has 0 spiro atoms. The second-order valence-corrected chi connectivity index (χ2v) is 2.74. The topological polar surface area (TPSA) is 81.2 Å². The summed E-state index contributed by atoms with van der Waals surface area (Å²) in [5.74, 6) is 5.39. The number of hydrogen-bond donors (Lipinski definition) is 2. The number of hydrogen-bond acceptors (Lipinski definition) is 4. The predicted molar refractivity (Wildman–Crippen MR) is 58.6 cm³/mol. The fraction of sp³-hybridized carbons (Fsp3) is 0.200. The molecule has 1 aromatic carbocycles. The van der Waals surface area contributed by atoms with Crippen LogP contribution in [0.4, 0.5) is 11.4 Å². The van der Waals surface area contributed by atoms with Gasteiger partial charge in [0.2, 0.25) is 0 Å². The van der Waals surface area contributed by atoms with Gasteiger partial charge in [-0.25, -0.2) is 0 Å². The molecule has 3 N–H and O–H groups in total. The molecule has 0 atom stereocenters. The van der Waals surface area contributed by atoms with Crippen LogP contribution in [0.3, 0.4) is 0 Å². The third-order valence-electron chi connectivity index (χ3n) is 1.80. The summed E-state index contributed by atoms with van der Waals surface area (Å²) in [7, 11) is 1.63. The van der Waals surface area contributed by atoms with Crippen LogP contribution in [0, 0.1) is 22.0 Å². The van der Waals surface area contributed by atoms with Crippen molar-refractivity contribution in [3.8, 4) is 11.8 Å². The van der Waals surface area contributed by atoms with E-state index in [0.717, 1.165) is 0 Å². The van der Waals surface area contributed by atoms with Gasteiger partial charge in [0.05, 0.1) is 11.5 Å². The van der Waals surface area contributed by atoms with Gasteiger partial charge in [0.1, 0.15) is 5.69 Å². The Hall–Kier alpha value is -2.06. The molecule has 0 unspecified atom stereocenters. The normalized spacial score (nSPS) is 8.93. The van der Waals surface area contributed by atoms with E-state index >= 15 is 0 Å². The SMILES string of the molecule is CNc1ccc(C#CCN)cc1[N+](=O)[O-]. The highest BCUT2D eigenvalue weighted by Gasteiger charge is 2.12. The molecular weight excluding hydrogens is 194 g/mol. The molecule has 0 aliphatic carbocycles. The number of nitrogens with one attached hydrogen (secondary N) is 1. The summed E-state index contributed by atoms with van der Waals surface area (Å²) in [6, 6.07) is 4.76. The second kappa shape index (κ2) is 4.98. The number of rotatable bonds is 2. The van der Waals surface area contributed by atoms with Crippen LogP contribution in [-0.2, 0) is 0 Å². The van der Waals surface area contributed by atoms with Crippen molar-refractivity contribution in [1.29, 1.82) is 0 Å². The first-order valence-electron chi connectivity index (χ1n) is 4.34. The molecule has 5 nitrogen and oxygen atoms in total. The van der Waals surface area contributed by atoms with E-state index in [1.54, 1.807) is 19.2 Å². The minimum atomic E-state index is -0.445. The molecule has 0 fully saturated rings. The smallest absolute Gasteiger partial charge is 0.293 e. The summed E-state index contributed by atoms with van der Waals surface area (Å²) in [6.45, 7) is 0.238. The summed E-state index contributed by atoms with van der Waals surface area (Å²) in [6.07, 6.45) is 0.